The third kappa shape index (κ3) is 3.52. The molecule has 1 aromatic heterocycles. The Morgan fingerprint density at radius 1 is 1.15 bits per heavy atom. The van der Waals surface area contributed by atoms with Crippen LogP contribution in [-0.2, 0) is 13.0 Å². The molecule has 5 heteroatoms. The predicted molar refractivity (Wildman–Crippen MR) is 107 cm³/mol. The maximum Gasteiger partial charge on any atom is 0.261 e. The van der Waals surface area contributed by atoms with Crippen molar-refractivity contribution >= 4 is 16.8 Å². The number of nitrogens with zero attached hydrogens (tertiary/aromatic N) is 2. The van der Waals surface area contributed by atoms with E-state index in [1.54, 1.807) is 18.2 Å². The van der Waals surface area contributed by atoms with Gasteiger partial charge >= 0.3 is 0 Å². The molecule has 1 aliphatic carbocycles. The summed E-state index contributed by atoms with van der Waals surface area (Å²) in [6, 6.07) is 5.54. The molecule has 0 saturated heterocycles. The molecular weight excluding hydrogens is 338 g/mol. The lowest BCUT2D eigenvalue weighted by Crippen LogP contribution is -2.43. The van der Waals surface area contributed by atoms with Crippen LogP contribution in [-0.4, -0.2) is 21.5 Å². The summed E-state index contributed by atoms with van der Waals surface area (Å²) < 4.78 is 1.82. The van der Waals surface area contributed by atoms with Gasteiger partial charge in [-0.05, 0) is 49.3 Å². The highest BCUT2D eigenvalue weighted by atomic mass is 16.1. The van der Waals surface area contributed by atoms with Crippen molar-refractivity contribution in [3.05, 3.63) is 39.9 Å². The minimum absolute atomic E-state index is 0.0265. The Morgan fingerprint density at radius 2 is 2.00 bits per heavy atom. The first-order valence-electron chi connectivity index (χ1n) is 10.4. The van der Waals surface area contributed by atoms with E-state index in [9.17, 15) is 9.59 Å². The predicted octanol–water partition coefficient (Wildman–Crippen LogP) is 3.68. The minimum atomic E-state index is -0.0558. The van der Waals surface area contributed by atoms with Gasteiger partial charge in [0.25, 0.3) is 11.5 Å². The lowest BCUT2D eigenvalue weighted by Gasteiger charge is -2.34. The molecule has 1 aliphatic heterocycles. The fraction of sp³-hybridized carbons (Fsp3) is 0.591. The number of hydrogen-bond acceptors (Lipinski definition) is 3. The fourth-order valence-corrected chi connectivity index (χ4v) is 4.60. The summed E-state index contributed by atoms with van der Waals surface area (Å²) in [7, 11) is 0. The van der Waals surface area contributed by atoms with Crippen LogP contribution in [0.3, 0.4) is 0 Å². The molecule has 0 bridgehead atoms. The van der Waals surface area contributed by atoms with Crippen LogP contribution in [0.4, 0.5) is 0 Å². The maximum atomic E-state index is 12.8. The van der Waals surface area contributed by atoms with E-state index in [1.807, 2.05) is 4.57 Å². The highest BCUT2D eigenvalue weighted by Gasteiger charge is 2.28. The molecule has 0 unspecified atom stereocenters. The van der Waals surface area contributed by atoms with Crippen LogP contribution in [0.1, 0.15) is 68.6 Å². The summed E-state index contributed by atoms with van der Waals surface area (Å²) in [6.07, 6.45) is 7.50. The van der Waals surface area contributed by atoms with Gasteiger partial charge in [-0.2, -0.15) is 0 Å². The third-order valence-corrected chi connectivity index (χ3v) is 6.60. The van der Waals surface area contributed by atoms with Crippen molar-refractivity contribution in [1.82, 2.24) is 14.9 Å². The molecule has 27 heavy (non-hydrogen) atoms. The first kappa shape index (κ1) is 18.2. The van der Waals surface area contributed by atoms with Crippen LogP contribution in [0.2, 0.25) is 0 Å². The molecule has 1 fully saturated rings. The van der Waals surface area contributed by atoms with Gasteiger partial charge in [-0.1, -0.05) is 33.1 Å². The van der Waals surface area contributed by atoms with Gasteiger partial charge in [-0.3, -0.25) is 14.2 Å². The number of benzene rings is 1. The maximum absolute atomic E-state index is 12.8. The number of rotatable bonds is 2. The van der Waals surface area contributed by atoms with Crippen molar-refractivity contribution in [1.29, 1.82) is 0 Å². The van der Waals surface area contributed by atoms with Crippen LogP contribution in [0, 0.1) is 11.8 Å². The quantitative estimate of drug-likeness (QED) is 0.881. The van der Waals surface area contributed by atoms with Crippen molar-refractivity contribution in [3.8, 4) is 0 Å². The fourth-order valence-electron chi connectivity index (χ4n) is 4.60. The Kier molecular flexibility index (Phi) is 5.02. The smallest absolute Gasteiger partial charge is 0.261 e. The van der Waals surface area contributed by atoms with Gasteiger partial charge in [0.15, 0.2) is 0 Å². The molecule has 0 radical (unpaired) electrons. The van der Waals surface area contributed by atoms with Crippen LogP contribution >= 0.6 is 0 Å². The largest absolute Gasteiger partial charge is 0.349 e. The molecule has 0 spiro atoms. The minimum Gasteiger partial charge on any atom is -0.349 e. The van der Waals surface area contributed by atoms with E-state index < -0.39 is 0 Å². The number of aryl methyl sites for hydroxylation is 1. The first-order valence-corrected chi connectivity index (χ1v) is 10.4. The molecule has 1 aromatic carbocycles. The molecule has 1 N–H and O–H groups in total. The number of hydrogen-bond donors (Lipinski definition) is 1. The van der Waals surface area contributed by atoms with Gasteiger partial charge in [-0.15, -0.1) is 0 Å². The standard InChI is InChI=1S/C22H29N3O2/c1-14-7-6-8-18(15(14)2)24-21(26)16-10-11-17-19(13-16)23-20-9-4-3-5-12-25(20)22(17)27/h10-11,13-15,18H,3-9,12H2,1-2H3,(H,24,26)/t14-,15-,18-/m1/s1. The molecule has 3 atom stereocenters. The topological polar surface area (TPSA) is 64.0 Å². The number of amides is 1. The van der Waals surface area contributed by atoms with E-state index in [1.165, 1.54) is 12.8 Å². The molecule has 1 amide bonds. The number of nitrogens with one attached hydrogen (secondary N) is 1. The van der Waals surface area contributed by atoms with Gasteiger partial charge in [0, 0.05) is 24.6 Å². The lowest BCUT2D eigenvalue weighted by atomic mass is 9.78. The lowest BCUT2D eigenvalue weighted by molar-refractivity contribution is 0.0891. The molecule has 5 nitrogen and oxygen atoms in total. The molecule has 2 aliphatic rings. The molecule has 2 heterocycles. The van der Waals surface area contributed by atoms with Crippen LogP contribution in [0.5, 0.6) is 0 Å². The summed E-state index contributed by atoms with van der Waals surface area (Å²) in [5.74, 6) is 1.93. The highest BCUT2D eigenvalue weighted by Crippen LogP contribution is 2.29. The van der Waals surface area contributed by atoms with Gasteiger partial charge in [-0.25, -0.2) is 4.98 Å². The van der Waals surface area contributed by atoms with Crippen molar-refractivity contribution in [2.24, 2.45) is 11.8 Å². The molecule has 4 rings (SSSR count). The van der Waals surface area contributed by atoms with Gasteiger partial charge < -0.3 is 5.32 Å². The Bertz CT molecular complexity index is 918. The zero-order valence-corrected chi connectivity index (χ0v) is 16.3. The molecule has 2 aromatic rings. The Morgan fingerprint density at radius 3 is 2.85 bits per heavy atom. The van der Waals surface area contributed by atoms with Gasteiger partial charge in [0.2, 0.25) is 0 Å². The monoisotopic (exact) mass is 367 g/mol. The van der Waals surface area contributed by atoms with E-state index in [0.717, 1.165) is 44.5 Å². The van der Waals surface area contributed by atoms with E-state index >= 15 is 0 Å². The zero-order valence-electron chi connectivity index (χ0n) is 16.3. The van der Waals surface area contributed by atoms with E-state index in [0.29, 0.717) is 28.3 Å². The van der Waals surface area contributed by atoms with Crippen molar-refractivity contribution in [2.45, 2.75) is 71.4 Å². The second-order valence-electron chi connectivity index (χ2n) is 8.37. The summed E-state index contributed by atoms with van der Waals surface area (Å²) >= 11 is 0. The van der Waals surface area contributed by atoms with Crippen LogP contribution in [0.15, 0.2) is 23.0 Å². The average Bonchev–Trinajstić information content (AvgIpc) is 2.91. The van der Waals surface area contributed by atoms with Gasteiger partial charge in [0.1, 0.15) is 5.82 Å². The zero-order chi connectivity index (χ0) is 19.0. The summed E-state index contributed by atoms with van der Waals surface area (Å²) in [5, 5.41) is 3.83. The Hall–Kier alpha value is -2.17. The van der Waals surface area contributed by atoms with E-state index in [2.05, 4.69) is 19.2 Å². The van der Waals surface area contributed by atoms with Crippen molar-refractivity contribution in [3.63, 3.8) is 0 Å². The summed E-state index contributed by atoms with van der Waals surface area (Å²) in [6.45, 7) is 5.24. The van der Waals surface area contributed by atoms with Crippen LogP contribution < -0.4 is 10.9 Å². The van der Waals surface area contributed by atoms with E-state index in [4.69, 9.17) is 4.98 Å². The summed E-state index contributed by atoms with van der Waals surface area (Å²) in [4.78, 5) is 30.4. The first-order chi connectivity index (χ1) is 13.0. The number of fused-ring (bicyclic) bond motifs is 2. The summed E-state index contributed by atoms with van der Waals surface area (Å²) in [5.41, 5.74) is 1.27. The number of carbonyl (C=O) groups excluding carboxylic acids is 1. The van der Waals surface area contributed by atoms with Crippen molar-refractivity contribution < 1.29 is 4.79 Å². The highest BCUT2D eigenvalue weighted by molar-refractivity contribution is 5.97. The van der Waals surface area contributed by atoms with Crippen molar-refractivity contribution in [2.75, 3.05) is 0 Å². The Balaban J connectivity index is 1.63. The average molecular weight is 367 g/mol. The Labute approximate surface area is 160 Å². The normalized spacial score (nSPS) is 25.6. The van der Waals surface area contributed by atoms with Gasteiger partial charge in [0.05, 0.1) is 10.9 Å². The second-order valence-corrected chi connectivity index (χ2v) is 8.37. The number of carbonyl (C=O) groups is 1. The molecule has 1 saturated carbocycles. The van der Waals surface area contributed by atoms with E-state index in [-0.39, 0.29) is 17.5 Å². The molecular formula is C22H29N3O2. The van der Waals surface area contributed by atoms with Crippen LogP contribution in [0.25, 0.3) is 10.9 Å². The number of aromatic nitrogens is 2. The SMILES string of the molecule is C[C@@H]1[C@H](C)CCC[C@H]1NC(=O)c1ccc2c(=O)n3c(nc2c1)CCCCC3. The molecule has 144 valence electrons. The second kappa shape index (κ2) is 7.45. The third-order valence-electron chi connectivity index (χ3n) is 6.60.